The van der Waals surface area contributed by atoms with Crippen molar-refractivity contribution >= 4 is 5.78 Å². The highest BCUT2D eigenvalue weighted by Crippen LogP contribution is 2.24. The van der Waals surface area contributed by atoms with Crippen LogP contribution >= 0.6 is 0 Å². The van der Waals surface area contributed by atoms with Gasteiger partial charge < -0.3 is 5.11 Å². The first kappa shape index (κ1) is 16.0. The maximum absolute atomic E-state index is 11.4. The zero-order valence-electron chi connectivity index (χ0n) is 13.2. The monoisotopic (exact) mass is 318 g/mol. The number of carbonyl (C=O) groups is 1. The van der Waals surface area contributed by atoms with E-state index in [1.54, 1.807) is 0 Å². The lowest BCUT2D eigenvalue weighted by molar-refractivity contribution is 0.0903. The Morgan fingerprint density at radius 3 is 2.25 bits per heavy atom. The van der Waals surface area contributed by atoms with Gasteiger partial charge in [0.2, 0.25) is 0 Å². The molecule has 1 N–H and O–H groups in total. The van der Waals surface area contributed by atoms with Crippen LogP contribution in [0.1, 0.15) is 21.7 Å². The van der Waals surface area contributed by atoms with Crippen molar-refractivity contribution in [1.82, 2.24) is 9.97 Å². The van der Waals surface area contributed by atoms with E-state index in [2.05, 4.69) is 34.2 Å². The molecule has 2 aromatic carbocycles. The molecular formula is C20H18N2O2. The van der Waals surface area contributed by atoms with E-state index in [1.165, 1.54) is 29.1 Å². The molecule has 0 atom stereocenters. The highest BCUT2D eigenvalue weighted by atomic mass is 16.3. The van der Waals surface area contributed by atoms with Gasteiger partial charge in [0.25, 0.3) is 0 Å². The molecule has 0 bridgehead atoms. The molecule has 0 aliphatic carbocycles. The molecule has 0 spiro atoms. The molecule has 0 aliphatic heterocycles. The number of rotatable bonds is 6. The van der Waals surface area contributed by atoms with Crippen molar-refractivity contribution in [3.05, 3.63) is 83.9 Å². The van der Waals surface area contributed by atoms with Crippen LogP contribution in [0, 0.1) is 0 Å². The smallest absolute Gasteiger partial charge is 0.191 e. The predicted molar refractivity (Wildman–Crippen MR) is 92.7 cm³/mol. The largest absolute Gasteiger partial charge is 0.388 e. The summed E-state index contributed by atoms with van der Waals surface area (Å²) < 4.78 is 0. The molecule has 1 aromatic heterocycles. The second-order valence-corrected chi connectivity index (χ2v) is 5.49. The average Bonchev–Trinajstić information content (AvgIpc) is 2.67. The molecular weight excluding hydrogens is 300 g/mol. The molecule has 120 valence electrons. The quantitative estimate of drug-likeness (QED) is 0.709. The number of hydrogen-bond donors (Lipinski definition) is 1. The van der Waals surface area contributed by atoms with E-state index < -0.39 is 6.61 Å². The van der Waals surface area contributed by atoms with Crippen LogP contribution in [-0.2, 0) is 12.8 Å². The van der Waals surface area contributed by atoms with E-state index in [-0.39, 0.29) is 5.78 Å². The lowest BCUT2D eigenvalue weighted by atomic mass is 9.97. The van der Waals surface area contributed by atoms with Crippen LogP contribution in [0.25, 0.3) is 11.1 Å². The van der Waals surface area contributed by atoms with Crippen molar-refractivity contribution in [2.75, 3.05) is 6.61 Å². The maximum atomic E-state index is 11.4. The summed E-state index contributed by atoms with van der Waals surface area (Å²) in [4.78, 5) is 19.8. The number of aryl methyl sites for hydroxylation is 2. The highest BCUT2D eigenvalue weighted by Gasteiger charge is 2.08. The summed E-state index contributed by atoms with van der Waals surface area (Å²) in [6.45, 7) is -0.521. The third-order valence-corrected chi connectivity index (χ3v) is 3.89. The summed E-state index contributed by atoms with van der Waals surface area (Å²) >= 11 is 0. The SMILES string of the molecule is O=C(CO)c1cnc(CCc2ccccc2-c2ccccc2)nc1. The van der Waals surface area contributed by atoms with Gasteiger partial charge >= 0.3 is 0 Å². The van der Waals surface area contributed by atoms with Crippen LogP contribution in [0.5, 0.6) is 0 Å². The molecule has 0 radical (unpaired) electrons. The summed E-state index contributed by atoms with van der Waals surface area (Å²) in [6, 6.07) is 18.6. The Morgan fingerprint density at radius 2 is 1.54 bits per heavy atom. The number of aliphatic hydroxyl groups excluding tert-OH is 1. The fraction of sp³-hybridized carbons (Fsp3) is 0.150. The Morgan fingerprint density at radius 1 is 0.875 bits per heavy atom. The summed E-state index contributed by atoms with van der Waals surface area (Å²) in [5.74, 6) is 0.323. The molecule has 3 aromatic rings. The minimum Gasteiger partial charge on any atom is -0.388 e. The minimum absolute atomic E-state index is 0.339. The molecule has 0 saturated carbocycles. The van der Waals surface area contributed by atoms with Crippen molar-refractivity contribution in [1.29, 1.82) is 0 Å². The second kappa shape index (κ2) is 7.62. The molecule has 24 heavy (non-hydrogen) atoms. The van der Waals surface area contributed by atoms with Gasteiger partial charge in [-0.3, -0.25) is 4.79 Å². The van der Waals surface area contributed by atoms with Crippen LogP contribution in [0.4, 0.5) is 0 Å². The third-order valence-electron chi connectivity index (χ3n) is 3.89. The Hall–Kier alpha value is -2.85. The fourth-order valence-electron chi connectivity index (χ4n) is 2.60. The summed E-state index contributed by atoms with van der Waals surface area (Å²) in [5, 5.41) is 8.84. The maximum Gasteiger partial charge on any atom is 0.191 e. The van der Waals surface area contributed by atoms with Crippen molar-refractivity contribution in [3.8, 4) is 11.1 Å². The number of aliphatic hydroxyl groups is 1. The van der Waals surface area contributed by atoms with Gasteiger partial charge in [0.1, 0.15) is 12.4 Å². The van der Waals surface area contributed by atoms with Gasteiger partial charge in [-0.15, -0.1) is 0 Å². The van der Waals surface area contributed by atoms with Crippen molar-refractivity contribution < 1.29 is 9.90 Å². The van der Waals surface area contributed by atoms with Crippen LogP contribution in [0.15, 0.2) is 67.0 Å². The molecule has 0 fully saturated rings. The number of nitrogens with zero attached hydrogens (tertiary/aromatic N) is 2. The second-order valence-electron chi connectivity index (χ2n) is 5.49. The number of aromatic nitrogens is 2. The zero-order valence-corrected chi connectivity index (χ0v) is 13.2. The first-order valence-corrected chi connectivity index (χ1v) is 7.86. The van der Waals surface area contributed by atoms with E-state index >= 15 is 0 Å². The van der Waals surface area contributed by atoms with Gasteiger partial charge in [-0.25, -0.2) is 9.97 Å². The van der Waals surface area contributed by atoms with Crippen LogP contribution in [0.2, 0.25) is 0 Å². The zero-order chi connectivity index (χ0) is 16.8. The highest BCUT2D eigenvalue weighted by molar-refractivity contribution is 5.96. The van der Waals surface area contributed by atoms with Gasteiger partial charge in [0, 0.05) is 18.8 Å². The van der Waals surface area contributed by atoms with Gasteiger partial charge in [0.05, 0.1) is 5.56 Å². The number of carbonyl (C=O) groups excluding carboxylic acids is 1. The molecule has 0 amide bonds. The van der Waals surface area contributed by atoms with Gasteiger partial charge in [-0.2, -0.15) is 0 Å². The Bertz CT molecular complexity index is 815. The number of ketones is 1. The molecule has 0 aliphatic rings. The summed E-state index contributed by atoms with van der Waals surface area (Å²) in [6.07, 6.45) is 4.46. The molecule has 4 nitrogen and oxygen atoms in total. The van der Waals surface area contributed by atoms with Crippen LogP contribution in [0.3, 0.4) is 0 Å². The Kier molecular flexibility index (Phi) is 5.08. The van der Waals surface area contributed by atoms with Gasteiger partial charge in [0.15, 0.2) is 5.78 Å². The number of hydrogen-bond acceptors (Lipinski definition) is 4. The van der Waals surface area contributed by atoms with E-state index in [0.717, 1.165) is 6.42 Å². The van der Waals surface area contributed by atoms with E-state index in [4.69, 9.17) is 5.11 Å². The number of benzene rings is 2. The molecule has 0 unspecified atom stereocenters. The standard InChI is InChI=1S/C20H18N2O2/c23-14-19(24)17-12-21-20(22-13-17)11-10-16-8-4-5-9-18(16)15-6-2-1-3-7-15/h1-9,12-13,23H,10-11,14H2. The van der Waals surface area contributed by atoms with Crippen LogP contribution in [-0.4, -0.2) is 27.5 Å². The van der Waals surface area contributed by atoms with E-state index in [0.29, 0.717) is 17.8 Å². The average molecular weight is 318 g/mol. The lowest BCUT2D eigenvalue weighted by Crippen LogP contribution is -2.07. The number of Topliss-reactive ketones (excluding diaryl/α,β-unsaturated/α-hetero) is 1. The predicted octanol–water partition coefficient (Wildman–Crippen LogP) is 3.10. The Balaban J connectivity index is 1.75. The fourth-order valence-corrected chi connectivity index (χ4v) is 2.60. The molecule has 4 heteroatoms. The molecule has 0 saturated heterocycles. The van der Waals surface area contributed by atoms with E-state index in [1.807, 2.05) is 30.3 Å². The first-order chi connectivity index (χ1) is 11.8. The summed E-state index contributed by atoms with van der Waals surface area (Å²) in [5.41, 5.74) is 3.98. The Labute approximate surface area is 140 Å². The van der Waals surface area contributed by atoms with Gasteiger partial charge in [-0.1, -0.05) is 54.6 Å². The van der Waals surface area contributed by atoms with Gasteiger partial charge in [-0.05, 0) is 23.1 Å². The van der Waals surface area contributed by atoms with Crippen molar-refractivity contribution in [2.45, 2.75) is 12.8 Å². The third kappa shape index (κ3) is 3.73. The molecule has 1 heterocycles. The van der Waals surface area contributed by atoms with Crippen molar-refractivity contribution in [2.24, 2.45) is 0 Å². The minimum atomic E-state index is -0.521. The molecule has 3 rings (SSSR count). The van der Waals surface area contributed by atoms with Crippen LogP contribution < -0.4 is 0 Å². The van der Waals surface area contributed by atoms with Crippen molar-refractivity contribution in [3.63, 3.8) is 0 Å². The van der Waals surface area contributed by atoms with E-state index in [9.17, 15) is 4.79 Å². The summed E-state index contributed by atoms with van der Waals surface area (Å²) in [7, 11) is 0. The normalized spacial score (nSPS) is 10.5. The first-order valence-electron chi connectivity index (χ1n) is 7.86. The lowest BCUT2D eigenvalue weighted by Gasteiger charge is -2.09. The topological polar surface area (TPSA) is 63.1 Å².